The summed E-state index contributed by atoms with van der Waals surface area (Å²) in [5, 5.41) is 4.76. The van der Waals surface area contributed by atoms with Gasteiger partial charge in [-0.05, 0) is 37.8 Å². The molecule has 118 valence electrons. The molecule has 22 heavy (non-hydrogen) atoms. The summed E-state index contributed by atoms with van der Waals surface area (Å²) in [6.45, 7) is 13.4. The van der Waals surface area contributed by atoms with E-state index in [0.717, 1.165) is 11.5 Å². The summed E-state index contributed by atoms with van der Waals surface area (Å²) in [6, 6.07) is 10.9. The van der Waals surface area contributed by atoms with Gasteiger partial charge in [-0.3, -0.25) is 0 Å². The van der Waals surface area contributed by atoms with Crippen molar-refractivity contribution in [1.82, 2.24) is 9.97 Å². The van der Waals surface area contributed by atoms with Gasteiger partial charge in [0.2, 0.25) is 8.32 Å². The molecule has 0 radical (unpaired) electrons. The van der Waals surface area contributed by atoms with E-state index in [-0.39, 0.29) is 0 Å². The summed E-state index contributed by atoms with van der Waals surface area (Å²) < 4.78 is 5.83. The van der Waals surface area contributed by atoms with Gasteiger partial charge in [0.25, 0.3) is 0 Å². The number of hydrogen-bond acceptors (Lipinski definition) is 4. The highest BCUT2D eigenvalue weighted by atomic mass is 28.4. The van der Waals surface area contributed by atoms with E-state index in [4.69, 9.17) is 4.43 Å². The minimum absolute atomic E-state index is 0.447. The van der Waals surface area contributed by atoms with Crippen molar-refractivity contribution in [3.63, 3.8) is 0 Å². The van der Waals surface area contributed by atoms with Gasteiger partial charge < -0.3 is 9.74 Å². The van der Waals surface area contributed by atoms with E-state index < -0.39 is 16.4 Å². The Morgan fingerprint density at radius 1 is 0.909 bits per heavy atom. The highest BCUT2D eigenvalue weighted by molar-refractivity contribution is 6.88. The quantitative estimate of drug-likeness (QED) is 0.842. The topological polar surface area (TPSA) is 47.0 Å². The fourth-order valence-corrected chi connectivity index (χ4v) is 3.75. The van der Waals surface area contributed by atoms with Gasteiger partial charge >= 0.3 is 6.01 Å². The molecule has 0 spiro atoms. The lowest BCUT2D eigenvalue weighted by molar-refractivity contribution is 0.510. The van der Waals surface area contributed by atoms with Crippen LogP contribution in [0.15, 0.2) is 36.5 Å². The Kier molecular flexibility index (Phi) is 4.72. The van der Waals surface area contributed by atoms with Crippen molar-refractivity contribution in [2.75, 3.05) is 5.32 Å². The number of aromatic nitrogens is 2. The monoisotopic (exact) mass is 331 g/mol. The summed E-state index contributed by atoms with van der Waals surface area (Å²) in [7, 11) is -2.94. The van der Waals surface area contributed by atoms with Crippen LogP contribution in [0.1, 0.15) is 0 Å². The average molecular weight is 332 g/mol. The first-order chi connectivity index (χ1) is 10.1. The zero-order valence-corrected chi connectivity index (χ0v) is 16.3. The zero-order valence-electron chi connectivity index (χ0n) is 14.3. The van der Waals surface area contributed by atoms with Crippen LogP contribution in [0.2, 0.25) is 39.3 Å². The van der Waals surface area contributed by atoms with Crippen molar-refractivity contribution in [2.24, 2.45) is 0 Å². The molecule has 4 nitrogen and oxygen atoms in total. The van der Waals surface area contributed by atoms with Gasteiger partial charge in [-0.15, -0.1) is 0 Å². The fraction of sp³-hybridized carbons (Fsp3) is 0.375. The van der Waals surface area contributed by atoms with Gasteiger partial charge in [0.05, 0.1) is 8.07 Å². The molecule has 1 heterocycles. The zero-order chi connectivity index (χ0) is 16.4. The molecular formula is C16H25N3OSi2. The van der Waals surface area contributed by atoms with Crippen molar-refractivity contribution in [3.05, 3.63) is 36.5 Å². The summed E-state index contributed by atoms with van der Waals surface area (Å²) in [5.74, 6) is 0.754. The molecule has 2 rings (SSSR count). The first-order valence-corrected chi connectivity index (χ1v) is 14.4. The largest absolute Gasteiger partial charge is 0.518 e. The van der Waals surface area contributed by atoms with E-state index in [1.54, 1.807) is 6.20 Å². The Labute approximate surface area is 135 Å². The third kappa shape index (κ3) is 4.96. The Morgan fingerprint density at radius 2 is 1.55 bits per heavy atom. The smallest absolute Gasteiger partial charge is 0.304 e. The van der Waals surface area contributed by atoms with E-state index in [1.165, 1.54) is 5.19 Å². The van der Waals surface area contributed by atoms with Crippen LogP contribution in [0.4, 0.5) is 11.5 Å². The maximum Gasteiger partial charge on any atom is 0.304 e. The van der Waals surface area contributed by atoms with Crippen LogP contribution in [-0.4, -0.2) is 26.4 Å². The molecule has 0 aliphatic carbocycles. The fourth-order valence-electron chi connectivity index (χ4n) is 1.93. The summed E-state index contributed by atoms with van der Waals surface area (Å²) in [4.78, 5) is 8.60. The number of nitrogens with zero attached hydrogens (tertiary/aromatic N) is 2. The van der Waals surface area contributed by atoms with Crippen LogP contribution in [0.25, 0.3) is 0 Å². The van der Waals surface area contributed by atoms with Crippen molar-refractivity contribution < 1.29 is 4.43 Å². The maximum atomic E-state index is 5.83. The molecular weight excluding hydrogens is 306 g/mol. The number of anilines is 2. The molecule has 2 aromatic rings. The van der Waals surface area contributed by atoms with Crippen LogP contribution >= 0.6 is 0 Å². The Morgan fingerprint density at radius 3 is 2.09 bits per heavy atom. The molecule has 0 fully saturated rings. The van der Waals surface area contributed by atoms with E-state index in [9.17, 15) is 0 Å². The van der Waals surface area contributed by atoms with Crippen LogP contribution in [0.3, 0.4) is 0 Å². The van der Waals surface area contributed by atoms with Gasteiger partial charge in [0, 0.05) is 11.9 Å². The average Bonchev–Trinajstić information content (AvgIpc) is 2.36. The van der Waals surface area contributed by atoms with Crippen LogP contribution in [-0.2, 0) is 0 Å². The third-order valence-electron chi connectivity index (χ3n) is 3.05. The molecule has 0 aliphatic heterocycles. The first kappa shape index (κ1) is 16.7. The van der Waals surface area contributed by atoms with E-state index >= 15 is 0 Å². The molecule has 0 saturated heterocycles. The lowest BCUT2D eigenvalue weighted by Crippen LogP contribution is -2.37. The molecule has 1 aromatic heterocycles. The molecule has 0 saturated carbocycles. The van der Waals surface area contributed by atoms with Crippen molar-refractivity contribution in [1.29, 1.82) is 0 Å². The highest BCUT2D eigenvalue weighted by Crippen LogP contribution is 2.17. The van der Waals surface area contributed by atoms with Crippen molar-refractivity contribution in [2.45, 2.75) is 39.3 Å². The van der Waals surface area contributed by atoms with E-state index in [2.05, 4.69) is 78.8 Å². The molecule has 1 N–H and O–H groups in total. The Balaban J connectivity index is 2.12. The first-order valence-electron chi connectivity index (χ1n) is 7.53. The van der Waals surface area contributed by atoms with Crippen LogP contribution < -0.4 is 14.9 Å². The minimum Gasteiger partial charge on any atom is -0.518 e. The molecule has 0 atom stereocenters. The van der Waals surface area contributed by atoms with E-state index in [0.29, 0.717) is 6.01 Å². The molecule has 0 bridgehead atoms. The predicted octanol–water partition coefficient (Wildman–Crippen LogP) is 3.98. The van der Waals surface area contributed by atoms with Crippen molar-refractivity contribution in [3.8, 4) is 6.01 Å². The number of nitrogens with one attached hydrogen (secondary N) is 1. The Bertz CT molecular complexity index is 631. The van der Waals surface area contributed by atoms with Gasteiger partial charge in [-0.2, -0.15) is 4.98 Å². The number of rotatable bonds is 5. The van der Waals surface area contributed by atoms with Crippen LogP contribution in [0.5, 0.6) is 6.01 Å². The lowest BCUT2D eigenvalue weighted by Gasteiger charge is -2.18. The second kappa shape index (κ2) is 6.22. The summed E-state index contributed by atoms with van der Waals surface area (Å²) in [6.07, 6.45) is 1.72. The number of hydrogen-bond donors (Lipinski definition) is 1. The molecule has 0 amide bonds. The maximum absolute atomic E-state index is 5.83. The SMILES string of the molecule is C[Si](C)(C)Oc1nccc(Nc2ccc([Si](C)(C)C)cc2)n1. The van der Waals surface area contributed by atoms with E-state index in [1.807, 2.05) is 6.07 Å². The summed E-state index contributed by atoms with van der Waals surface area (Å²) >= 11 is 0. The standard InChI is InChI=1S/C16H25N3OSi2/c1-21(2,3)14-9-7-13(8-10-14)18-15-11-12-17-16(19-15)20-22(4,5)6/h7-12H,1-6H3,(H,17,18,19). The molecule has 0 aliphatic rings. The van der Waals surface area contributed by atoms with Gasteiger partial charge in [-0.1, -0.05) is 37.0 Å². The molecule has 6 heteroatoms. The second-order valence-corrected chi connectivity index (χ2v) is 16.9. The van der Waals surface area contributed by atoms with Crippen molar-refractivity contribution >= 4 is 33.1 Å². The summed E-state index contributed by atoms with van der Waals surface area (Å²) in [5.41, 5.74) is 1.03. The number of benzene rings is 1. The normalized spacial score (nSPS) is 12.1. The highest BCUT2D eigenvalue weighted by Gasteiger charge is 2.18. The predicted molar refractivity (Wildman–Crippen MR) is 98.7 cm³/mol. The van der Waals surface area contributed by atoms with Crippen LogP contribution in [0, 0.1) is 0 Å². The second-order valence-electron chi connectivity index (χ2n) is 7.39. The lowest BCUT2D eigenvalue weighted by atomic mass is 10.3. The van der Waals surface area contributed by atoms with Gasteiger partial charge in [-0.25, -0.2) is 4.98 Å². The van der Waals surface area contributed by atoms with Gasteiger partial charge in [0.15, 0.2) is 0 Å². The molecule has 0 unspecified atom stereocenters. The Hall–Kier alpha value is -1.67. The molecule has 1 aromatic carbocycles. The van der Waals surface area contributed by atoms with Gasteiger partial charge in [0.1, 0.15) is 5.82 Å². The third-order valence-corrected chi connectivity index (χ3v) is 5.91. The minimum atomic E-state index is -1.69.